The summed E-state index contributed by atoms with van der Waals surface area (Å²) in [5.41, 5.74) is 0.0391. The van der Waals surface area contributed by atoms with Crippen LogP contribution in [0.3, 0.4) is 0 Å². The fourth-order valence-corrected chi connectivity index (χ4v) is 3.11. The van der Waals surface area contributed by atoms with E-state index in [2.05, 4.69) is 5.16 Å². The molecule has 0 bridgehead atoms. The molecule has 7 heteroatoms. The summed E-state index contributed by atoms with van der Waals surface area (Å²) in [5, 5.41) is 25.0. The van der Waals surface area contributed by atoms with Crippen LogP contribution in [-0.2, 0) is 9.63 Å². The lowest BCUT2D eigenvalue weighted by atomic mass is 9.81. The Bertz CT molecular complexity index is 1020. The highest BCUT2D eigenvalue weighted by Crippen LogP contribution is 2.40. The molecule has 1 aliphatic rings. The minimum Gasteiger partial charge on any atom is -0.507 e. The molecule has 0 spiro atoms. The third-order valence-corrected chi connectivity index (χ3v) is 4.49. The highest BCUT2D eigenvalue weighted by Gasteiger charge is 2.36. The smallest absolute Gasteiger partial charge is 0.334 e. The molecule has 2 N–H and O–H groups in total. The highest BCUT2D eigenvalue weighted by molar-refractivity contribution is 6.31. The summed E-state index contributed by atoms with van der Waals surface area (Å²) in [6.45, 7) is 3.47. The van der Waals surface area contributed by atoms with Gasteiger partial charge in [-0.25, -0.2) is 4.79 Å². The van der Waals surface area contributed by atoms with Gasteiger partial charge < -0.3 is 15.1 Å². The summed E-state index contributed by atoms with van der Waals surface area (Å²) >= 11 is 0. The van der Waals surface area contributed by atoms with Gasteiger partial charge in [-0.3, -0.25) is 9.59 Å². The Labute approximate surface area is 161 Å². The Morgan fingerprint density at radius 3 is 2.21 bits per heavy atom. The Hall–Kier alpha value is -3.48. The molecule has 0 unspecified atom stereocenters. The number of benzene rings is 2. The number of nitrogens with zero attached hydrogens (tertiary/aromatic N) is 1. The number of carbonyl (C=O) groups is 3. The first-order valence-electron chi connectivity index (χ1n) is 8.95. The van der Waals surface area contributed by atoms with E-state index in [-0.39, 0.29) is 39.9 Å². The zero-order valence-corrected chi connectivity index (χ0v) is 15.5. The van der Waals surface area contributed by atoms with E-state index in [1.54, 1.807) is 19.1 Å². The van der Waals surface area contributed by atoms with Crippen molar-refractivity contribution in [3.63, 3.8) is 0 Å². The van der Waals surface area contributed by atoms with Crippen molar-refractivity contribution >= 4 is 23.2 Å². The molecule has 144 valence electrons. The number of carbonyl (C=O) groups excluding carboxylic acids is 3. The zero-order valence-electron chi connectivity index (χ0n) is 15.5. The number of ketones is 2. The van der Waals surface area contributed by atoms with Gasteiger partial charge in [-0.2, -0.15) is 0 Å². The Kier molecular flexibility index (Phi) is 5.26. The lowest BCUT2D eigenvalue weighted by Crippen LogP contribution is -2.22. The van der Waals surface area contributed by atoms with Crippen molar-refractivity contribution in [2.45, 2.75) is 33.1 Å². The molecule has 0 aromatic heterocycles. The van der Waals surface area contributed by atoms with E-state index in [0.29, 0.717) is 12.8 Å². The van der Waals surface area contributed by atoms with Gasteiger partial charge in [0.25, 0.3) is 0 Å². The summed E-state index contributed by atoms with van der Waals surface area (Å²) in [6.07, 6.45) is 1.05. The number of aromatic hydroxyl groups is 2. The van der Waals surface area contributed by atoms with E-state index < -0.39 is 29.0 Å². The van der Waals surface area contributed by atoms with Crippen LogP contribution in [0.2, 0.25) is 0 Å². The molecule has 1 aliphatic carbocycles. The van der Waals surface area contributed by atoms with Gasteiger partial charge in [0.1, 0.15) is 11.5 Å². The molecule has 0 saturated carbocycles. The molecule has 0 fully saturated rings. The molecular weight excluding hydrogens is 362 g/mol. The third-order valence-electron chi connectivity index (χ3n) is 4.49. The maximum absolute atomic E-state index is 12.9. The number of rotatable bonds is 5. The van der Waals surface area contributed by atoms with E-state index in [9.17, 15) is 24.6 Å². The number of hydrogen-bond donors (Lipinski definition) is 2. The molecule has 3 rings (SSSR count). The molecule has 7 nitrogen and oxygen atoms in total. The summed E-state index contributed by atoms with van der Waals surface area (Å²) in [5.74, 6) is -2.59. The fourth-order valence-electron chi connectivity index (χ4n) is 3.11. The van der Waals surface area contributed by atoms with E-state index in [1.807, 2.05) is 6.92 Å². The number of phenolic OH excluding ortho intramolecular Hbond substituents is 2. The first kappa shape index (κ1) is 19.3. The van der Waals surface area contributed by atoms with Gasteiger partial charge in [-0.05, 0) is 12.5 Å². The minimum atomic E-state index is -0.568. The molecule has 2 aromatic carbocycles. The molecular formula is C21H19NO6. The van der Waals surface area contributed by atoms with Crippen LogP contribution in [0.1, 0.15) is 70.5 Å². The second kappa shape index (κ2) is 7.64. The zero-order chi connectivity index (χ0) is 20.4. The van der Waals surface area contributed by atoms with Gasteiger partial charge in [-0.1, -0.05) is 49.7 Å². The van der Waals surface area contributed by atoms with Crippen molar-refractivity contribution in [3.8, 4) is 11.5 Å². The van der Waals surface area contributed by atoms with Gasteiger partial charge in [0, 0.05) is 23.1 Å². The van der Waals surface area contributed by atoms with Gasteiger partial charge in [0.15, 0.2) is 11.6 Å². The van der Waals surface area contributed by atoms with Crippen LogP contribution in [0.25, 0.3) is 0 Å². The Morgan fingerprint density at radius 1 is 1.04 bits per heavy atom. The normalized spacial score (nSPS) is 13.1. The predicted molar refractivity (Wildman–Crippen MR) is 101 cm³/mol. The molecule has 2 aromatic rings. The monoisotopic (exact) mass is 381 g/mol. The Balaban J connectivity index is 2.19. The minimum absolute atomic E-state index is 0.0440. The van der Waals surface area contributed by atoms with Crippen LogP contribution in [0, 0.1) is 0 Å². The van der Waals surface area contributed by atoms with Gasteiger partial charge in [0.2, 0.25) is 0 Å². The number of fused-ring (bicyclic) bond motifs is 2. The molecule has 0 atom stereocenters. The number of oxime groups is 1. The van der Waals surface area contributed by atoms with Crippen molar-refractivity contribution in [3.05, 3.63) is 58.1 Å². The van der Waals surface area contributed by atoms with E-state index in [4.69, 9.17) is 4.84 Å². The SMILES string of the molecule is CCC/C(=N\OC(=O)CC)c1cc(O)c2c(c1O)C(=O)c1ccccc1C2=O. The van der Waals surface area contributed by atoms with Crippen molar-refractivity contribution in [2.24, 2.45) is 5.16 Å². The lowest BCUT2D eigenvalue weighted by molar-refractivity contribution is -0.143. The largest absolute Gasteiger partial charge is 0.507 e. The quantitative estimate of drug-likeness (QED) is 0.303. The maximum atomic E-state index is 12.9. The Morgan fingerprint density at radius 2 is 1.64 bits per heavy atom. The molecule has 0 aliphatic heterocycles. The van der Waals surface area contributed by atoms with E-state index in [1.165, 1.54) is 18.2 Å². The van der Waals surface area contributed by atoms with Gasteiger partial charge >= 0.3 is 5.97 Å². The third kappa shape index (κ3) is 3.15. The van der Waals surface area contributed by atoms with Crippen LogP contribution < -0.4 is 0 Å². The first-order valence-corrected chi connectivity index (χ1v) is 8.95. The summed E-state index contributed by atoms with van der Waals surface area (Å²) < 4.78 is 0. The summed E-state index contributed by atoms with van der Waals surface area (Å²) in [6, 6.07) is 7.39. The average molecular weight is 381 g/mol. The molecule has 0 heterocycles. The van der Waals surface area contributed by atoms with E-state index in [0.717, 1.165) is 0 Å². The predicted octanol–water partition coefficient (Wildman–Crippen LogP) is 3.33. The molecule has 0 amide bonds. The van der Waals surface area contributed by atoms with Crippen LogP contribution in [0.15, 0.2) is 35.5 Å². The number of hydrogen-bond acceptors (Lipinski definition) is 7. The average Bonchev–Trinajstić information content (AvgIpc) is 2.70. The lowest BCUT2D eigenvalue weighted by Gasteiger charge is -2.21. The summed E-state index contributed by atoms with van der Waals surface area (Å²) in [7, 11) is 0. The second-order valence-electron chi connectivity index (χ2n) is 6.35. The van der Waals surface area contributed by atoms with Crippen molar-refractivity contribution in [2.75, 3.05) is 0 Å². The van der Waals surface area contributed by atoms with Crippen LogP contribution >= 0.6 is 0 Å². The van der Waals surface area contributed by atoms with Crippen LogP contribution in [-0.4, -0.2) is 33.5 Å². The molecule has 0 saturated heterocycles. The van der Waals surface area contributed by atoms with Crippen LogP contribution in [0.5, 0.6) is 11.5 Å². The van der Waals surface area contributed by atoms with Crippen molar-refractivity contribution < 1.29 is 29.4 Å². The maximum Gasteiger partial charge on any atom is 0.334 e. The number of phenols is 2. The molecule has 28 heavy (non-hydrogen) atoms. The topological polar surface area (TPSA) is 113 Å². The van der Waals surface area contributed by atoms with Crippen LogP contribution in [0.4, 0.5) is 0 Å². The first-order chi connectivity index (χ1) is 13.4. The van der Waals surface area contributed by atoms with Gasteiger partial charge in [-0.15, -0.1) is 0 Å². The highest BCUT2D eigenvalue weighted by atomic mass is 16.7. The summed E-state index contributed by atoms with van der Waals surface area (Å²) in [4.78, 5) is 41.9. The van der Waals surface area contributed by atoms with E-state index >= 15 is 0 Å². The van der Waals surface area contributed by atoms with Crippen molar-refractivity contribution in [1.82, 2.24) is 0 Å². The molecule has 0 radical (unpaired) electrons. The van der Waals surface area contributed by atoms with Gasteiger partial charge in [0.05, 0.1) is 16.8 Å². The van der Waals surface area contributed by atoms with Crippen molar-refractivity contribution in [1.29, 1.82) is 0 Å². The standard InChI is InChI=1S/C21H19NO6/c1-3-7-14(22-28-16(24)4-2)13-10-15(23)17-18(21(13)27)20(26)12-9-6-5-8-11(12)19(17)25/h5-6,8-10,23,27H,3-4,7H2,1-2H3/b22-14+. The fraction of sp³-hybridized carbons (Fsp3) is 0.238. The second-order valence-corrected chi connectivity index (χ2v) is 6.35.